The van der Waals surface area contributed by atoms with Crippen LogP contribution in [0.25, 0.3) is 0 Å². The van der Waals surface area contributed by atoms with E-state index in [4.69, 9.17) is 9.47 Å². The summed E-state index contributed by atoms with van der Waals surface area (Å²) in [5.74, 6) is -0.192. The molecule has 0 saturated carbocycles. The quantitative estimate of drug-likeness (QED) is 0.0266. The molecule has 0 radical (unpaired) electrons. The number of hydrogen-bond donors (Lipinski definition) is 6. The third-order valence-electron chi connectivity index (χ3n) is 11.3. The van der Waals surface area contributed by atoms with Gasteiger partial charge in [0.05, 0.1) is 25.4 Å². The van der Waals surface area contributed by atoms with Crippen LogP contribution in [0.15, 0.2) is 24.3 Å². The van der Waals surface area contributed by atoms with Crippen molar-refractivity contribution in [2.75, 3.05) is 13.2 Å². The van der Waals surface area contributed by atoms with Gasteiger partial charge >= 0.3 is 0 Å². The fourth-order valence-corrected chi connectivity index (χ4v) is 7.51. The van der Waals surface area contributed by atoms with Crippen LogP contribution in [0, 0.1) is 0 Å². The molecule has 0 aromatic rings. The van der Waals surface area contributed by atoms with Gasteiger partial charge in [0.2, 0.25) is 5.91 Å². The lowest BCUT2D eigenvalue weighted by atomic mass is 9.99. The molecule has 1 fully saturated rings. The van der Waals surface area contributed by atoms with E-state index in [2.05, 4.69) is 25.2 Å². The second-order valence-corrected chi connectivity index (χ2v) is 16.6. The number of hydrogen-bond acceptors (Lipinski definition) is 8. The summed E-state index contributed by atoms with van der Waals surface area (Å²) in [5, 5.41) is 54.0. The van der Waals surface area contributed by atoms with E-state index in [0.717, 1.165) is 32.1 Å². The van der Waals surface area contributed by atoms with Crippen molar-refractivity contribution in [1.82, 2.24) is 5.32 Å². The third kappa shape index (κ3) is 28.2. The Kier molecular flexibility index (Phi) is 35.7. The standard InChI is InChI=1S/C47H89NO8/c1-3-5-7-9-11-13-15-16-17-18-19-20-21-22-23-24-25-27-29-31-33-35-37-43(51)48-40(39-55-47-46(54)45(53)44(52)42(38-49)56-47)41(50)36-34-32-30-28-26-14-12-10-8-6-4-2/h30,32,34,36,40-42,44-47,49-50,52-54H,3-29,31,33,35,37-39H2,1-2H3,(H,48,51)/b32-30+,36-34+/t40-,41+,42-,44-,45?,46?,47-/m0/s1. The molecule has 0 aromatic heterocycles. The maximum Gasteiger partial charge on any atom is 0.220 e. The molecule has 9 heteroatoms. The van der Waals surface area contributed by atoms with Gasteiger partial charge in [-0.3, -0.25) is 4.79 Å². The van der Waals surface area contributed by atoms with E-state index in [-0.39, 0.29) is 12.5 Å². The Morgan fingerprint density at radius 3 is 1.48 bits per heavy atom. The number of rotatable bonds is 39. The lowest BCUT2D eigenvalue weighted by Gasteiger charge is -2.40. The molecule has 1 saturated heterocycles. The van der Waals surface area contributed by atoms with Crippen LogP contribution < -0.4 is 5.32 Å². The first-order chi connectivity index (χ1) is 27.3. The fraction of sp³-hybridized carbons (Fsp3) is 0.894. The number of unbranched alkanes of at least 4 members (excludes halogenated alkanes) is 28. The topological polar surface area (TPSA) is 149 Å². The summed E-state index contributed by atoms with van der Waals surface area (Å²) in [7, 11) is 0. The molecule has 9 nitrogen and oxygen atoms in total. The lowest BCUT2D eigenvalue weighted by molar-refractivity contribution is -0.302. The molecule has 1 amide bonds. The number of aliphatic hydroxyl groups excluding tert-OH is 5. The highest BCUT2D eigenvalue weighted by atomic mass is 16.7. The molecule has 1 aliphatic heterocycles. The van der Waals surface area contributed by atoms with Gasteiger partial charge in [0.15, 0.2) is 6.29 Å². The Bertz CT molecular complexity index is 930. The van der Waals surface area contributed by atoms with Crippen LogP contribution >= 0.6 is 0 Å². The van der Waals surface area contributed by atoms with Crippen LogP contribution in [-0.2, 0) is 14.3 Å². The van der Waals surface area contributed by atoms with Crippen LogP contribution in [0.1, 0.15) is 213 Å². The molecule has 0 aliphatic carbocycles. The summed E-state index contributed by atoms with van der Waals surface area (Å²) < 4.78 is 11.2. The first-order valence-electron chi connectivity index (χ1n) is 23.6. The summed E-state index contributed by atoms with van der Waals surface area (Å²) >= 11 is 0. The first-order valence-corrected chi connectivity index (χ1v) is 23.6. The first kappa shape index (κ1) is 52.7. The van der Waals surface area contributed by atoms with Crippen molar-refractivity contribution in [3.05, 3.63) is 24.3 Å². The molecule has 0 bridgehead atoms. The molecule has 7 atom stereocenters. The molecule has 1 aliphatic rings. The van der Waals surface area contributed by atoms with E-state index < -0.39 is 49.5 Å². The van der Waals surface area contributed by atoms with Gasteiger partial charge in [-0.15, -0.1) is 0 Å². The average Bonchev–Trinajstić information content (AvgIpc) is 3.20. The van der Waals surface area contributed by atoms with Crippen LogP contribution in [0.4, 0.5) is 0 Å². The molecule has 56 heavy (non-hydrogen) atoms. The highest BCUT2D eigenvalue weighted by molar-refractivity contribution is 5.76. The minimum Gasteiger partial charge on any atom is -0.394 e. The van der Waals surface area contributed by atoms with Gasteiger partial charge in [-0.05, 0) is 19.3 Å². The predicted octanol–water partition coefficient (Wildman–Crippen LogP) is 9.89. The van der Waals surface area contributed by atoms with Gasteiger partial charge in [-0.25, -0.2) is 0 Å². The Morgan fingerprint density at radius 2 is 1.04 bits per heavy atom. The van der Waals surface area contributed by atoms with Gasteiger partial charge in [0.25, 0.3) is 0 Å². The zero-order valence-corrected chi connectivity index (χ0v) is 36.1. The Hall–Kier alpha value is -1.33. The van der Waals surface area contributed by atoms with E-state index in [9.17, 15) is 30.3 Å². The van der Waals surface area contributed by atoms with Crippen molar-refractivity contribution in [2.24, 2.45) is 0 Å². The minimum absolute atomic E-state index is 0.192. The third-order valence-corrected chi connectivity index (χ3v) is 11.3. The summed E-state index contributed by atoms with van der Waals surface area (Å²) in [6.07, 6.45) is 38.2. The van der Waals surface area contributed by atoms with Crippen LogP contribution in [-0.4, -0.2) is 87.5 Å². The summed E-state index contributed by atoms with van der Waals surface area (Å²) in [5.41, 5.74) is 0. The van der Waals surface area contributed by atoms with Gasteiger partial charge in [0.1, 0.15) is 24.4 Å². The van der Waals surface area contributed by atoms with Gasteiger partial charge < -0.3 is 40.3 Å². The van der Waals surface area contributed by atoms with Crippen molar-refractivity contribution >= 4 is 5.91 Å². The maximum absolute atomic E-state index is 12.9. The molecular weight excluding hydrogens is 707 g/mol. The number of carbonyl (C=O) groups is 1. The van der Waals surface area contributed by atoms with E-state index in [0.29, 0.717) is 6.42 Å². The van der Waals surface area contributed by atoms with E-state index >= 15 is 0 Å². The maximum atomic E-state index is 12.9. The fourth-order valence-electron chi connectivity index (χ4n) is 7.51. The second kappa shape index (κ2) is 37.9. The summed E-state index contributed by atoms with van der Waals surface area (Å²) in [6, 6.07) is -0.831. The predicted molar refractivity (Wildman–Crippen MR) is 230 cm³/mol. The van der Waals surface area contributed by atoms with E-state index in [1.54, 1.807) is 12.2 Å². The van der Waals surface area contributed by atoms with Gasteiger partial charge in [-0.2, -0.15) is 0 Å². The van der Waals surface area contributed by atoms with E-state index in [1.165, 1.54) is 161 Å². The monoisotopic (exact) mass is 796 g/mol. The molecule has 2 unspecified atom stereocenters. The molecule has 1 rings (SSSR count). The van der Waals surface area contributed by atoms with Gasteiger partial charge in [-0.1, -0.05) is 212 Å². The number of nitrogens with one attached hydrogen (secondary N) is 1. The zero-order valence-electron chi connectivity index (χ0n) is 36.1. The number of carbonyl (C=O) groups excluding carboxylic acids is 1. The van der Waals surface area contributed by atoms with Crippen molar-refractivity contribution in [3.8, 4) is 0 Å². The Labute approximate surface area is 343 Å². The SMILES string of the molecule is CCCCCCCCC/C=C/C=C/[C@@H](O)[C@H](CO[C@H]1O[C@@H](CO)[C@H](O)C(O)C1O)NC(=O)CCCCCCCCCCCCCCCCCCCCCCCC. The number of ether oxygens (including phenoxy) is 2. The largest absolute Gasteiger partial charge is 0.394 e. The minimum atomic E-state index is -1.57. The van der Waals surface area contributed by atoms with Crippen molar-refractivity contribution in [2.45, 2.75) is 256 Å². The van der Waals surface area contributed by atoms with Crippen LogP contribution in [0.3, 0.4) is 0 Å². The van der Waals surface area contributed by atoms with Crippen molar-refractivity contribution in [1.29, 1.82) is 0 Å². The van der Waals surface area contributed by atoms with E-state index in [1.807, 2.05) is 6.08 Å². The van der Waals surface area contributed by atoms with Crippen LogP contribution in [0.5, 0.6) is 0 Å². The Balaban J connectivity index is 2.27. The highest BCUT2D eigenvalue weighted by Crippen LogP contribution is 2.23. The summed E-state index contributed by atoms with van der Waals surface area (Å²) in [6.45, 7) is 3.73. The number of allylic oxidation sites excluding steroid dienone is 3. The Morgan fingerprint density at radius 1 is 0.607 bits per heavy atom. The number of aliphatic hydroxyl groups is 5. The summed E-state index contributed by atoms with van der Waals surface area (Å²) in [4.78, 5) is 12.9. The smallest absolute Gasteiger partial charge is 0.220 e. The molecular formula is C47H89NO8. The molecule has 1 heterocycles. The molecule has 6 N–H and O–H groups in total. The lowest BCUT2D eigenvalue weighted by Crippen LogP contribution is -2.60. The average molecular weight is 796 g/mol. The molecule has 330 valence electrons. The molecule has 0 aromatic carbocycles. The van der Waals surface area contributed by atoms with Crippen LogP contribution in [0.2, 0.25) is 0 Å². The second-order valence-electron chi connectivity index (χ2n) is 16.6. The van der Waals surface area contributed by atoms with Crippen molar-refractivity contribution in [3.63, 3.8) is 0 Å². The normalized spacial score (nSPS) is 21.3. The zero-order chi connectivity index (χ0) is 40.9. The molecule has 0 spiro atoms. The van der Waals surface area contributed by atoms with Gasteiger partial charge in [0, 0.05) is 6.42 Å². The number of amides is 1. The van der Waals surface area contributed by atoms with Crippen molar-refractivity contribution < 1.29 is 39.8 Å². The highest BCUT2D eigenvalue weighted by Gasteiger charge is 2.44.